The molecule has 186 valence electrons. The van der Waals surface area contributed by atoms with E-state index in [4.69, 9.17) is 14.2 Å². The fourth-order valence-electron chi connectivity index (χ4n) is 4.13. The number of benzene rings is 1. The Kier molecular flexibility index (Phi) is 6.20. The Morgan fingerprint density at radius 2 is 2.14 bits per heavy atom. The number of alkyl halides is 2. The van der Waals surface area contributed by atoms with Gasteiger partial charge in [0.25, 0.3) is 5.91 Å². The molecule has 3 heterocycles. The van der Waals surface area contributed by atoms with Gasteiger partial charge in [0.2, 0.25) is 0 Å². The van der Waals surface area contributed by atoms with Crippen molar-refractivity contribution in [3.63, 3.8) is 0 Å². The van der Waals surface area contributed by atoms with Gasteiger partial charge < -0.3 is 30.0 Å². The van der Waals surface area contributed by atoms with Crippen molar-refractivity contribution in [1.82, 2.24) is 20.0 Å². The van der Waals surface area contributed by atoms with Crippen molar-refractivity contribution in [3.8, 4) is 28.5 Å². The average Bonchev–Trinajstić information content (AvgIpc) is 3.37. The van der Waals surface area contributed by atoms with Crippen LogP contribution < -0.4 is 24.8 Å². The molecule has 9 nitrogen and oxygen atoms in total. The third-order valence-electron chi connectivity index (χ3n) is 6.15. The average molecular weight is 488 g/mol. The molecule has 1 saturated heterocycles. The molecule has 2 aromatic heterocycles. The lowest BCUT2D eigenvalue weighted by Crippen LogP contribution is -2.38. The number of pyridine rings is 1. The van der Waals surface area contributed by atoms with Gasteiger partial charge in [0.1, 0.15) is 40.7 Å². The molecule has 3 aromatic rings. The zero-order chi connectivity index (χ0) is 24.6. The number of hydrogen-bond acceptors (Lipinski definition) is 7. The number of nitrogens with one attached hydrogen (secondary N) is 2. The summed E-state index contributed by atoms with van der Waals surface area (Å²) >= 11 is 0. The van der Waals surface area contributed by atoms with Crippen molar-refractivity contribution in [2.75, 3.05) is 26.8 Å². The summed E-state index contributed by atoms with van der Waals surface area (Å²) in [7, 11) is 1.37. The summed E-state index contributed by atoms with van der Waals surface area (Å²) in [5, 5.41) is 16.4. The topological polar surface area (TPSA) is 106 Å². The Morgan fingerprint density at radius 1 is 1.34 bits per heavy atom. The molecule has 1 aromatic carbocycles. The van der Waals surface area contributed by atoms with Gasteiger partial charge in [-0.1, -0.05) is 0 Å². The van der Waals surface area contributed by atoms with E-state index in [1.807, 2.05) is 0 Å². The lowest BCUT2D eigenvalue weighted by Gasteiger charge is -2.21. The Balaban J connectivity index is 1.46. The first-order chi connectivity index (χ1) is 16.8. The van der Waals surface area contributed by atoms with Crippen molar-refractivity contribution < 1.29 is 32.9 Å². The van der Waals surface area contributed by atoms with Gasteiger partial charge in [0.05, 0.1) is 19.0 Å². The van der Waals surface area contributed by atoms with E-state index in [-0.39, 0.29) is 29.7 Å². The van der Waals surface area contributed by atoms with Crippen LogP contribution in [0.2, 0.25) is 0 Å². The van der Waals surface area contributed by atoms with E-state index in [2.05, 4.69) is 15.6 Å². The van der Waals surface area contributed by atoms with Crippen LogP contribution in [-0.2, 0) is 0 Å². The number of carbonyl (C=O) groups is 1. The minimum Gasteiger partial charge on any atom is -0.496 e. The van der Waals surface area contributed by atoms with E-state index < -0.39 is 18.1 Å². The second kappa shape index (κ2) is 9.31. The number of carbonyl (C=O) groups excluding carboxylic acids is 1. The van der Waals surface area contributed by atoms with Crippen LogP contribution in [0.3, 0.4) is 0 Å². The van der Waals surface area contributed by atoms with Crippen LogP contribution in [0, 0.1) is 0 Å². The minimum absolute atomic E-state index is 0.0344. The van der Waals surface area contributed by atoms with Crippen LogP contribution in [0.15, 0.2) is 36.7 Å². The first-order valence-electron chi connectivity index (χ1n) is 11.4. The molecule has 1 aliphatic heterocycles. The molecule has 1 unspecified atom stereocenters. The Labute approximate surface area is 200 Å². The van der Waals surface area contributed by atoms with Crippen LogP contribution in [0.25, 0.3) is 16.9 Å². The largest absolute Gasteiger partial charge is 0.496 e. The zero-order valence-corrected chi connectivity index (χ0v) is 19.1. The maximum Gasteiger partial charge on any atom is 0.387 e. The van der Waals surface area contributed by atoms with Gasteiger partial charge in [-0.3, -0.25) is 9.20 Å². The van der Waals surface area contributed by atoms with Gasteiger partial charge in [-0.25, -0.2) is 4.98 Å². The van der Waals surface area contributed by atoms with Crippen molar-refractivity contribution in [2.24, 2.45) is 0 Å². The van der Waals surface area contributed by atoms with Gasteiger partial charge in [0.15, 0.2) is 0 Å². The van der Waals surface area contributed by atoms with Crippen LogP contribution in [0.4, 0.5) is 8.78 Å². The molecule has 0 radical (unpaired) electrons. The summed E-state index contributed by atoms with van der Waals surface area (Å²) in [6.07, 6.45) is 5.63. The van der Waals surface area contributed by atoms with Gasteiger partial charge in [-0.05, 0) is 44.0 Å². The predicted molar refractivity (Wildman–Crippen MR) is 122 cm³/mol. The van der Waals surface area contributed by atoms with Crippen LogP contribution in [-0.4, -0.2) is 65.5 Å². The number of β-amino-alcohol motifs (C(OH)–C–C–N with tert-alkyl or cyclic N) is 1. The van der Waals surface area contributed by atoms with Crippen molar-refractivity contribution in [3.05, 3.63) is 42.2 Å². The highest BCUT2D eigenvalue weighted by atomic mass is 19.3. The number of amides is 1. The summed E-state index contributed by atoms with van der Waals surface area (Å²) in [6, 6.07) is 6.46. The quantitative estimate of drug-likeness (QED) is 0.425. The Bertz CT molecular complexity index is 1240. The molecule has 3 N–H and O–H groups in total. The highest BCUT2D eigenvalue weighted by Gasteiger charge is 2.32. The molecule has 5 rings (SSSR count). The standard InChI is InChI=1S/C24H26F2N4O5/c1-33-18-8-14(9-19(35-23(25)26)21(18)22(31)29-15-2-3-15)17-11-28-20-10-16(4-7-30(17)20)34-13-24(32)5-6-27-12-24/h4,7-11,15,23,27,32H,2-3,5-6,12-13H2,1H3,(H,29,31). The van der Waals surface area contributed by atoms with Gasteiger partial charge in [-0.15, -0.1) is 0 Å². The highest BCUT2D eigenvalue weighted by molar-refractivity contribution is 6.01. The second-order valence-corrected chi connectivity index (χ2v) is 8.85. The Morgan fingerprint density at radius 3 is 2.83 bits per heavy atom. The molecule has 1 amide bonds. The summed E-state index contributed by atoms with van der Waals surface area (Å²) in [5.74, 6) is -0.141. The molecular formula is C24H26F2N4O5. The third kappa shape index (κ3) is 5.01. The second-order valence-electron chi connectivity index (χ2n) is 8.85. The van der Waals surface area contributed by atoms with E-state index in [9.17, 15) is 18.7 Å². The molecule has 2 aliphatic rings. The van der Waals surface area contributed by atoms with E-state index in [1.165, 1.54) is 13.2 Å². The predicted octanol–water partition coefficient (Wildman–Crippen LogP) is 2.61. The number of halogens is 2. The highest BCUT2D eigenvalue weighted by Crippen LogP contribution is 2.37. The zero-order valence-electron chi connectivity index (χ0n) is 19.1. The minimum atomic E-state index is -3.12. The van der Waals surface area contributed by atoms with Crippen LogP contribution in [0.1, 0.15) is 29.6 Å². The van der Waals surface area contributed by atoms with Crippen LogP contribution >= 0.6 is 0 Å². The molecule has 1 atom stereocenters. The molecule has 0 spiro atoms. The molecular weight excluding hydrogens is 462 g/mol. The van der Waals surface area contributed by atoms with Gasteiger partial charge in [0, 0.05) is 30.4 Å². The lowest BCUT2D eigenvalue weighted by molar-refractivity contribution is -0.0502. The van der Waals surface area contributed by atoms with Crippen LogP contribution in [0.5, 0.6) is 17.2 Å². The summed E-state index contributed by atoms with van der Waals surface area (Å²) in [6.45, 7) is -1.75. The number of aromatic nitrogens is 2. The third-order valence-corrected chi connectivity index (χ3v) is 6.15. The summed E-state index contributed by atoms with van der Waals surface area (Å²) in [5.41, 5.74) is 0.634. The summed E-state index contributed by atoms with van der Waals surface area (Å²) in [4.78, 5) is 17.1. The number of methoxy groups -OCH3 is 1. The van der Waals surface area contributed by atoms with E-state index in [0.717, 1.165) is 19.4 Å². The SMILES string of the molecule is COc1cc(-c2cnc3cc(OCC4(O)CCNC4)ccn23)cc(OC(F)F)c1C(=O)NC1CC1. The maximum absolute atomic E-state index is 13.2. The normalized spacial score (nSPS) is 19.8. The molecule has 11 heteroatoms. The Hall–Kier alpha value is -3.44. The fourth-order valence-corrected chi connectivity index (χ4v) is 4.13. The molecule has 35 heavy (non-hydrogen) atoms. The number of aliphatic hydroxyl groups is 1. The van der Waals surface area contributed by atoms with E-state index in [1.54, 1.807) is 35.0 Å². The van der Waals surface area contributed by atoms with Crippen molar-refractivity contribution >= 4 is 11.6 Å². The van der Waals surface area contributed by atoms with Gasteiger partial charge in [-0.2, -0.15) is 8.78 Å². The number of rotatable bonds is 9. The molecule has 1 saturated carbocycles. The molecule has 0 bridgehead atoms. The van der Waals surface area contributed by atoms with Crippen molar-refractivity contribution in [2.45, 2.75) is 37.5 Å². The molecule has 1 aliphatic carbocycles. The smallest absolute Gasteiger partial charge is 0.387 e. The van der Waals surface area contributed by atoms with Gasteiger partial charge >= 0.3 is 6.61 Å². The number of imidazole rings is 1. The molecule has 2 fully saturated rings. The van der Waals surface area contributed by atoms with E-state index in [0.29, 0.717) is 35.6 Å². The van der Waals surface area contributed by atoms with Crippen molar-refractivity contribution in [1.29, 1.82) is 0 Å². The van der Waals surface area contributed by atoms with E-state index >= 15 is 0 Å². The monoisotopic (exact) mass is 488 g/mol. The number of fused-ring (bicyclic) bond motifs is 1. The first-order valence-corrected chi connectivity index (χ1v) is 11.4. The first kappa shape index (κ1) is 23.3. The summed E-state index contributed by atoms with van der Waals surface area (Å²) < 4.78 is 44.1. The maximum atomic E-state index is 13.2. The number of nitrogens with zero attached hydrogens (tertiary/aromatic N) is 2. The number of ether oxygens (including phenoxy) is 3. The fraction of sp³-hybridized carbons (Fsp3) is 0.417. The lowest BCUT2D eigenvalue weighted by atomic mass is 10.1. The number of hydrogen-bond donors (Lipinski definition) is 3.